The number of fused-ring (bicyclic) bond motifs is 1. The molecule has 0 radical (unpaired) electrons. The molecule has 0 aliphatic carbocycles. The van der Waals surface area contributed by atoms with Crippen molar-refractivity contribution in [2.24, 2.45) is 5.10 Å². The minimum atomic E-state index is -0.432. The summed E-state index contributed by atoms with van der Waals surface area (Å²) in [5.74, 6) is -0.335. The van der Waals surface area contributed by atoms with Crippen LogP contribution in [0.4, 0.5) is 0 Å². The predicted molar refractivity (Wildman–Crippen MR) is 122 cm³/mol. The fourth-order valence-electron chi connectivity index (χ4n) is 3.07. The lowest BCUT2D eigenvalue weighted by Crippen LogP contribution is -2.17. The maximum Gasteiger partial charge on any atom is 0.343 e. The topological polar surface area (TPSA) is 67.8 Å². The maximum atomic E-state index is 12.4. The minimum Gasteiger partial charge on any atom is -0.423 e. The first kappa shape index (κ1) is 20.0. The molecule has 0 aliphatic rings. The van der Waals surface area contributed by atoms with Crippen molar-refractivity contribution in [2.75, 3.05) is 0 Å². The second kappa shape index (κ2) is 9.05. The van der Waals surface area contributed by atoms with Gasteiger partial charge in [-0.15, -0.1) is 0 Å². The number of nitrogens with one attached hydrogen (secondary N) is 1. The number of aryl methyl sites for hydroxylation is 1. The van der Waals surface area contributed by atoms with Crippen LogP contribution >= 0.6 is 0 Å². The molecule has 0 spiro atoms. The van der Waals surface area contributed by atoms with Crippen LogP contribution in [-0.4, -0.2) is 18.1 Å². The summed E-state index contributed by atoms with van der Waals surface area (Å²) in [4.78, 5) is 24.7. The average molecular weight is 408 g/mol. The van der Waals surface area contributed by atoms with Gasteiger partial charge in [-0.05, 0) is 59.7 Å². The van der Waals surface area contributed by atoms with E-state index < -0.39 is 5.97 Å². The highest BCUT2D eigenvalue weighted by atomic mass is 16.5. The number of rotatable bonds is 5. The molecule has 0 aromatic heterocycles. The van der Waals surface area contributed by atoms with Gasteiger partial charge in [0.2, 0.25) is 0 Å². The molecule has 1 N–H and O–H groups in total. The van der Waals surface area contributed by atoms with E-state index >= 15 is 0 Å². The normalized spacial score (nSPS) is 10.9. The lowest BCUT2D eigenvalue weighted by atomic mass is 10.1. The van der Waals surface area contributed by atoms with Crippen molar-refractivity contribution in [1.29, 1.82) is 0 Å². The van der Waals surface area contributed by atoms with Crippen molar-refractivity contribution in [3.8, 4) is 5.75 Å². The number of ether oxygens (including phenoxy) is 1. The molecule has 0 bridgehead atoms. The summed E-state index contributed by atoms with van der Waals surface area (Å²) in [5, 5.41) is 6.08. The zero-order valence-electron chi connectivity index (χ0n) is 16.9. The fraction of sp³-hybridized carbons (Fsp3) is 0.0385. The van der Waals surface area contributed by atoms with Gasteiger partial charge in [0.15, 0.2) is 0 Å². The van der Waals surface area contributed by atoms with Crippen molar-refractivity contribution in [1.82, 2.24) is 5.43 Å². The van der Waals surface area contributed by atoms with Crippen LogP contribution in [-0.2, 0) is 0 Å². The molecular formula is C26H20N2O3. The molecule has 0 fully saturated rings. The molecule has 0 atom stereocenters. The predicted octanol–water partition coefficient (Wildman–Crippen LogP) is 5.13. The molecule has 0 aliphatic heterocycles. The zero-order valence-corrected chi connectivity index (χ0v) is 16.9. The summed E-state index contributed by atoms with van der Waals surface area (Å²) in [6, 6.07) is 27.4. The van der Waals surface area contributed by atoms with Crippen molar-refractivity contribution in [2.45, 2.75) is 6.92 Å². The number of hydrogen-bond acceptors (Lipinski definition) is 4. The van der Waals surface area contributed by atoms with Crippen molar-refractivity contribution in [3.05, 3.63) is 113 Å². The highest BCUT2D eigenvalue weighted by Crippen LogP contribution is 2.16. The SMILES string of the molecule is Cc1ccc(C(=O)Oc2cccc(/C=N\NC(=O)c3ccc4ccccc4c3)c2)cc1. The van der Waals surface area contributed by atoms with Gasteiger partial charge in [0, 0.05) is 5.56 Å². The van der Waals surface area contributed by atoms with Crippen molar-refractivity contribution >= 4 is 28.9 Å². The molecule has 4 rings (SSSR count). The molecule has 1 amide bonds. The molecule has 152 valence electrons. The van der Waals surface area contributed by atoms with Gasteiger partial charge in [-0.25, -0.2) is 10.2 Å². The van der Waals surface area contributed by atoms with E-state index in [1.54, 1.807) is 42.5 Å². The Morgan fingerprint density at radius 1 is 0.806 bits per heavy atom. The van der Waals surface area contributed by atoms with Crippen molar-refractivity contribution < 1.29 is 14.3 Å². The van der Waals surface area contributed by atoms with Gasteiger partial charge in [0.1, 0.15) is 5.75 Å². The summed E-state index contributed by atoms with van der Waals surface area (Å²) in [5.41, 5.74) is 5.29. The molecule has 0 saturated carbocycles. The Bertz CT molecular complexity index is 1280. The molecule has 4 aromatic rings. The van der Waals surface area contributed by atoms with Crippen molar-refractivity contribution in [3.63, 3.8) is 0 Å². The fourth-order valence-corrected chi connectivity index (χ4v) is 3.07. The number of carbonyl (C=O) groups is 2. The molecule has 0 saturated heterocycles. The molecular weight excluding hydrogens is 388 g/mol. The van der Waals surface area contributed by atoms with Crippen LogP contribution < -0.4 is 10.2 Å². The highest BCUT2D eigenvalue weighted by molar-refractivity contribution is 5.99. The highest BCUT2D eigenvalue weighted by Gasteiger charge is 2.08. The Balaban J connectivity index is 1.40. The number of esters is 1. The van der Waals surface area contributed by atoms with Gasteiger partial charge in [-0.2, -0.15) is 5.10 Å². The van der Waals surface area contributed by atoms with Gasteiger partial charge in [-0.3, -0.25) is 4.79 Å². The summed E-state index contributed by atoms with van der Waals surface area (Å²) >= 11 is 0. The first-order valence-corrected chi connectivity index (χ1v) is 9.80. The lowest BCUT2D eigenvalue weighted by molar-refractivity contribution is 0.0734. The molecule has 5 nitrogen and oxygen atoms in total. The van der Waals surface area contributed by atoms with Gasteiger partial charge < -0.3 is 4.74 Å². The van der Waals surface area contributed by atoms with Gasteiger partial charge >= 0.3 is 5.97 Å². The Kier molecular flexibility index (Phi) is 5.85. The van der Waals surface area contributed by atoms with Crippen LogP contribution in [0, 0.1) is 6.92 Å². The summed E-state index contributed by atoms with van der Waals surface area (Å²) in [6.07, 6.45) is 1.50. The second-order valence-electron chi connectivity index (χ2n) is 7.09. The number of benzene rings is 4. The maximum absolute atomic E-state index is 12.4. The Hall–Kier alpha value is -4.25. The number of hydrogen-bond donors (Lipinski definition) is 1. The summed E-state index contributed by atoms with van der Waals surface area (Å²) in [6.45, 7) is 1.96. The van der Waals surface area contributed by atoms with Crippen LogP contribution in [0.1, 0.15) is 31.8 Å². The summed E-state index contributed by atoms with van der Waals surface area (Å²) < 4.78 is 5.43. The van der Waals surface area contributed by atoms with E-state index in [2.05, 4.69) is 10.5 Å². The van der Waals surface area contributed by atoms with E-state index in [9.17, 15) is 9.59 Å². The largest absolute Gasteiger partial charge is 0.423 e. The molecule has 0 heterocycles. The lowest BCUT2D eigenvalue weighted by Gasteiger charge is -2.05. The zero-order chi connectivity index (χ0) is 21.6. The molecule has 4 aromatic carbocycles. The van der Waals surface area contributed by atoms with Gasteiger partial charge in [-0.1, -0.05) is 60.2 Å². The monoisotopic (exact) mass is 408 g/mol. The van der Waals surface area contributed by atoms with E-state index in [0.29, 0.717) is 22.4 Å². The van der Waals surface area contributed by atoms with Crippen LogP contribution in [0.2, 0.25) is 0 Å². The molecule has 5 heteroatoms. The molecule has 0 unspecified atom stereocenters. The summed E-state index contributed by atoms with van der Waals surface area (Å²) in [7, 11) is 0. The van der Waals surface area contributed by atoms with E-state index in [-0.39, 0.29) is 5.91 Å². The smallest absolute Gasteiger partial charge is 0.343 e. The van der Waals surface area contributed by atoms with E-state index in [4.69, 9.17) is 4.74 Å². The third-order valence-corrected chi connectivity index (χ3v) is 4.75. The number of hydrazone groups is 1. The minimum absolute atomic E-state index is 0.302. The van der Waals surface area contributed by atoms with Crippen LogP contribution in [0.5, 0.6) is 5.75 Å². The Labute approximate surface area is 180 Å². The van der Waals surface area contributed by atoms with E-state index in [0.717, 1.165) is 16.3 Å². The first-order valence-electron chi connectivity index (χ1n) is 9.80. The second-order valence-corrected chi connectivity index (χ2v) is 7.09. The number of amides is 1. The Morgan fingerprint density at radius 2 is 1.55 bits per heavy atom. The van der Waals surface area contributed by atoms with Crippen LogP contribution in [0.15, 0.2) is 96.1 Å². The quantitative estimate of drug-likeness (QED) is 0.215. The average Bonchev–Trinajstić information content (AvgIpc) is 2.79. The third-order valence-electron chi connectivity index (χ3n) is 4.75. The molecule has 31 heavy (non-hydrogen) atoms. The van der Waals surface area contributed by atoms with Crippen LogP contribution in [0.3, 0.4) is 0 Å². The van der Waals surface area contributed by atoms with E-state index in [1.165, 1.54) is 6.21 Å². The van der Waals surface area contributed by atoms with E-state index in [1.807, 2.05) is 55.5 Å². The number of carbonyl (C=O) groups excluding carboxylic acids is 2. The van der Waals surface area contributed by atoms with Crippen LogP contribution in [0.25, 0.3) is 10.8 Å². The van der Waals surface area contributed by atoms with Gasteiger partial charge in [0.25, 0.3) is 5.91 Å². The Morgan fingerprint density at radius 3 is 2.35 bits per heavy atom. The first-order chi connectivity index (χ1) is 15.1. The third kappa shape index (κ3) is 5.03. The number of nitrogens with zero attached hydrogens (tertiary/aromatic N) is 1. The van der Waals surface area contributed by atoms with Gasteiger partial charge in [0.05, 0.1) is 11.8 Å². The standard InChI is InChI=1S/C26H20N2O3/c1-18-9-11-21(12-10-18)26(30)31-24-8-4-5-19(15-24)17-27-28-25(29)23-14-13-20-6-2-3-7-22(20)16-23/h2-17H,1H3,(H,28,29)/b27-17-.